The zero-order chi connectivity index (χ0) is 25.7. The lowest BCUT2D eigenvalue weighted by Crippen LogP contribution is -2.21. The van der Waals surface area contributed by atoms with Gasteiger partial charge in [-0.2, -0.15) is 10.2 Å². The molecule has 0 aliphatic carbocycles. The Morgan fingerprint density at radius 2 is 2.08 bits per heavy atom. The van der Waals surface area contributed by atoms with Crippen molar-refractivity contribution >= 4 is 23.2 Å². The topological polar surface area (TPSA) is 140 Å². The molecule has 0 bridgehead atoms. The van der Waals surface area contributed by atoms with Gasteiger partial charge in [-0.1, -0.05) is 24.0 Å². The highest BCUT2D eigenvalue weighted by Gasteiger charge is 2.17. The Morgan fingerprint density at radius 3 is 2.83 bits per heavy atom. The van der Waals surface area contributed by atoms with Gasteiger partial charge in [-0.3, -0.25) is 14.3 Å². The average Bonchev–Trinajstić information content (AvgIpc) is 3.51. The molecule has 2 aromatic carbocycles. The first kappa shape index (κ1) is 24.7. The van der Waals surface area contributed by atoms with Gasteiger partial charge in [0.2, 0.25) is 6.41 Å². The third-order valence-electron chi connectivity index (χ3n) is 5.62. The van der Waals surface area contributed by atoms with Crippen molar-refractivity contribution in [1.82, 2.24) is 24.5 Å². The number of fused-ring (bicyclic) bond motifs is 1. The van der Waals surface area contributed by atoms with Crippen LogP contribution in [0.4, 0.5) is 0 Å². The number of aliphatic hydroxyl groups is 2. The number of aliphatic hydroxyl groups excluding tert-OH is 2. The summed E-state index contributed by atoms with van der Waals surface area (Å²) >= 11 is 0. The van der Waals surface area contributed by atoms with E-state index in [0.717, 1.165) is 11.1 Å². The fourth-order valence-corrected chi connectivity index (χ4v) is 3.75. The van der Waals surface area contributed by atoms with Crippen LogP contribution < -0.4 is 5.73 Å². The van der Waals surface area contributed by atoms with Gasteiger partial charge in [0.15, 0.2) is 5.69 Å². The van der Waals surface area contributed by atoms with Crippen LogP contribution >= 0.6 is 0 Å². The summed E-state index contributed by atoms with van der Waals surface area (Å²) < 4.78 is 3.27. The van der Waals surface area contributed by atoms with Crippen LogP contribution in [0.25, 0.3) is 27.7 Å². The minimum atomic E-state index is -0.872. The maximum absolute atomic E-state index is 12.2. The number of benzene rings is 2. The SMILES string of the molecule is CN(C=O)CC[C@@H](O)C#Cc1cccc(-n2nc(C(N)=O)c3cc(-c4cnn(CCO)c4)ccc32)c1. The van der Waals surface area contributed by atoms with E-state index in [2.05, 4.69) is 22.0 Å². The van der Waals surface area contributed by atoms with Crippen LogP contribution in [-0.4, -0.2) is 73.3 Å². The molecule has 0 saturated carbocycles. The Hall–Kier alpha value is -4.46. The van der Waals surface area contributed by atoms with Crippen molar-refractivity contribution < 1.29 is 19.8 Å². The van der Waals surface area contributed by atoms with Gasteiger partial charge in [-0.05, 0) is 35.9 Å². The number of hydrogen-bond donors (Lipinski definition) is 3. The molecule has 0 unspecified atom stereocenters. The molecule has 36 heavy (non-hydrogen) atoms. The molecule has 2 aromatic heterocycles. The van der Waals surface area contributed by atoms with Crippen molar-refractivity contribution in [1.29, 1.82) is 0 Å². The van der Waals surface area contributed by atoms with E-state index < -0.39 is 12.0 Å². The minimum absolute atomic E-state index is 0.0152. The number of amides is 2. The summed E-state index contributed by atoms with van der Waals surface area (Å²) in [6, 6.07) is 12.9. The molecular weight excluding hydrogens is 460 g/mol. The molecule has 0 aliphatic rings. The maximum atomic E-state index is 12.2. The average molecular weight is 487 g/mol. The van der Waals surface area contributed by atoms with Gasteiger partial charge in [0.05, 0.1) is 30.6 Å². The highest BCUT2D eigenvalue weighted by molar-refractivity contribution is 6.05. The van der Waals surface area contributed by atoms with Crippen LogP contribution in [0.15, 0.2) is 54.9 Å². The first-order valence-electron chi connectivity index (χ1n) is 11.3. The van der Waals surface area contributed by atoms with Gasteiger partial charge in [-0.25, -0.2) is 4.68 Å². The second-order valence-corrected chi connectivity index (χ2v) is 8.28. The van der Waals surface area contributed by atoms with Gasteiger partial charge in [0.1, 0.15) is 6.10 Å². The normalized spacial score (nSPS) is 11.6. The number of aromatic nitrogens is 4. The monoisotopic (exact) mass is 486 g/mol. The predicted molar refractivity (Wildman–Crippen MR) is 134 cm³/mol. The van der Waals surface area contributed by atoms with E-state index in [-0.39, 0.29) is 12.3 Å². The number of carbonyl (C=O) groups is 2. The molecule has 1 atom stereocenters. The summed E-state index contributed by atoms with van der Waals surface area (Å²) in [6.07, 6.45) is 3.68. The number of primary amides is 1. The molecule has 0 saturated heterocycles. The Morgan fingerprint density at radius 1 is 1.25 bits per heavy atom. The molecule has 0 fully saturated rings. The van der Waals surface area contributed by atoms with Gasteiger partial charge >= 0.3 is 0 Å². The minimum Gasteiger partial charge on any atom is -0.394 e. The van der Waals surface area contributed by atoms with E-state index in [1.165, 1.54) is 4.90 Å². The van der Waals surface area contributed by atoms with Crippen LogP contribution in [0, 0.1) is 11.8 Å². The third-order valence-corrected chi connectivity index (χ3v) is 5.62. The Kier molecular flexibility index (Phi) is 7.44. The standard InChI is InChI=1S/C26H26N6O4/c1-30(17-34)10-9-22(35)7-5-18-3-2-4-21(13-18)32-24-8-6-19(14-23(24)25(29-32)26(27)36)20-15-28-31(16-20)11-12-33/h2-4,6,8,13-17,22,33,35H,9-12H2,1H3,(H2,27,36)/t22-/m0/s1. The molecule has 10 nitrogen and oxygen atoms in total. The molecule has 0 spiro atoms. The number of nitrogens with two attached hydrogens (primary N) is 1. The van der Waals surface area contributed by atoms with E-state index >= 15 is 0 Å². The van der Waals surface area contributed by atoms with Crippen molar-refractivity contribution in [3.05, 3.63) is 66.1 Å². The quantitative estimate of drug-likeness (QED) is 0.240. The lowest BCUT2D eigenvalue weighted by atomic mass is 10.1. The van der Waals surface area contributed by atoms with E-state index in [1.807, 2.05) is 42.6 Å². The molecule has 10 heteroatoms. The van der Waals surface area contributed by atoms with Crippen LogP contribution in [-0.2, 0) is 11.3 Å². The van der Waals surface area contributed by atoms with Crippen LogP contribution in [0.1, 0.15) is 22.5 Å². The zero-order valence-electron chi connectivity index (χ0n) is 19.7. The van der Waals surface area contributed by atoms with Gasteiger partial charge < -0.3 is 20.8 Å². The molecule has 0 radical (unpaired) electrons. The van der Waals surface area contributed by atoms with Crippen molar-refractivity contribution in [2.45, 2.75) is 19.1 Å². The Labute approximate surface area is 207 Å². The highest BCUT2D eigenvalue weighted by atomic mass is 16.3. The third kappa shape index (κ3) is 5.43. The second kappa shape index (κ2) is 10.9. The molecule has 4 rings (SSSR count). The number of rotatable bonds is 9. The van der Waals surface area contributed by atoms with Crippen molar-refractivity contribution in [2.75, 3.05) is 20.2 Å². The predicted octanol–water partition coefficient (Wildman–Crippen LogP) is 1.17. The summed E-state index contributed by atoms with van der Waals surface area (Å²) in [5.41, 5.74) is 9.48. The Bertz CT molecular complexity index is 1460. The van der Waals surface area contributed by atoms with E-state index in [9.17, 15) is 14.7 Å². The number of carbonyl (C=O) groups excluding carboxylic acids is 2. The molecule has 0 aliphatic heterocycles. The van der Waals surface area contributed by atoms with Crippen molar-refractivity contribution in [2.24, 2.45) is 5.73 Å². The summed E-state index contributed by atoms with van der Waals surface area (Å²) in [4.78, 5) is 24.3. The van der Waals surface area contributed by atoms with Crippen molar-refractivity contribution in [3.8, 4) is 28.7 Å². The molecule has 2 heterocycles. The smallest absolute Gasteiger partial charge is 0.269 e. The number of hydrogen-bond acceptors (Lipinski definition) is 6. The fourth-order valence-electron chi connectivity index (χ4n) is 3.75. The molecule has 2 amide bonds. The number of nitrogens with zero attached hydrogens (tertiary/aromatic N) is 5. The van der Waals surface area contributed by atoms with Crippen LogP contribution in [0.2, 0.25) is 0 Å². The van der Waals surface area contributed by atoms with Crippen LogP contribution in [0.3, 0.4) is 0 Å². The Balaban J connectivity index is 1.67. The van der Waals surface area contributed by atoms with Gasteiger partial charge in [-0.15, -0.1) is 0 Å². The fraction of sp³-hybridized carbons (Fsp3) is 0.231. The van der Waals surface area contributed by atoms with Gasteiger partial charge in [0, 0.05) is 42.7 Å². The lowest BCUT2D eigenvalue weighted by Gasteiger charge is -2.10. The van der Waals surface area contributed by atoms with Gasteiger partial charge in [0.25, 0.3) is 5.91 Å². The second-order valence-electron chi connectivity index (χ2n) is 8.28. The van der Waals surface area contributed by atoms with E-state index in [1.54, 1.807) is 28.7 Å². The lowest BCUT2D eigenvalue weighted by molar-refractivity contribution is -0.117. The highest BCUT2D eigenvalue weighted by Crippen LogP contribution is 2.28. The first-order chi connectivity index (χ1) is 17.4. The molecule has 184 valence electrons. The summed E-state index contributed by atoms with van der Waals surface area (Å²) in [7, 11) is 1.64. The first-order valence-corrected chi connectivity index (χ1v) is 11.3. The molecule has 4 N–H and O–H groups in total. The van der Waals surface area contributed by atoms with Crippen LogP contribution in [0.5, 0.6) is 0 Å². The zero-order valence-corrected chi connectivity index (χ0v) is 19.7. The molecule has 4 aromatic rings. The summed E-state index contributed by atoms with van der Waals surface area (Å²) in [5, 5.41) is 28.5. The summed E-state index contributed by atoms with van der Waals surface area (Å²) in [5.74, 6) is 5.09. The van der Waals surface area contributed by atoms with E-state index in [4.69, 9.17) is 10.8 Å². The maximum Gasteiger partial charge on any atom is 0.269 e. The van der Waals surface area contributed by atoms with Crippen molar-refractivity contribution in [3.63, 3.8) is 0 Å². The van der Waals surface area contributed by atoms with E-state index in [0.29, 0.717) is 48.1 Å². The largest absolute Gasteiger partial charge is 0.394 e. The molecular formula is C26H26N6O4. The summed E-state index contributed by atoms with van der Waals surface area (Å²) in [6.45, 7) is 0.774.